The van der Waals surface area contributed by atoms with Crippen LogP contribution in [-0.4, -0.2) is 49.3 Å². The molecule has 9 heteroatoms. The summed E-state index contributed by atoms with van der Waals surface area (Å²) in [5.74, 6) is 5.46. The fourth-order valence-corrected chi connectivity index (χ4v) is 12.1. The fourth-order valence-electron chi connectivity index (χ4n) is 12.1. The van der Waals surface area contributed by atoms with Crippen molar-refractivity contribution in [2.75, 3.05) is 0 Å². The van der Waals surface area contributed by atoms with Crippen molar-refractivity contribution in [3.05, 3.63) is 0 Å². The van der Waals surface area contributed by atoms with E-state index in [1.807, 2.05) is 0 Å². The molecule has 17 atom stereocenters. The molecule has 42 heavy (non-hydrogen) atoms. The van der Waals surface area contributed by atoms with Crippen molar-refractivity contribution in [1.29, 1.82) is 5.26 Å². The Balaban J connectivity index is 1.05. The van der Waals surface area contributed by atoms with Crippen LogP contribution in [-0.2, 0) is 0 Å². The number of hydrogen-bond donors (Lipinski definition) is 8. The summed E-state index contributed by atoms with van der Waals surface area (Å²) in [5.41, 5.74) is 0. The van der Waals surface area contributed by atoms with E-state index in [1.165, 1.54) is 77.0 Å². The van der Waals surface area contributed by atoms with Crippen LogP contribution in [0, 0.1) is 64.6 Å². The van der Waals surface area contributed by atoms with E-state index in [-0.39, 0.29) is 12.1 Å². The van der Waals surface area contributed by atoms with Crippen molar-refractivity contribution in [2.45, 2.75) is 146 Å². The molecule has 0 spiro atoms. The summed E-state index contributed by atoms with van der Waals surface area (Å²) in [6, 6.07) is 2.65. The lowest BCUT2D eigenvalue weighted by Gasteiger charge is -2.36. The molecule has 8 bridgehead atoms. The van der Waals surface area contributed by atoms with Gasteiger partial charge in [-0.15, -0.1) is 0 Å². The van der Waals surface area contributed by atoms with E-state index < -0.39 is 0 Å². The Morgan fingerprint density at radius 3 is 0.881 bits per heavy atom. The minimum atomic E-state index is 0.199. The first-order valence-corrected chi connectivity index (χ1v) is 18.2. The fraction of sp³-hybridized carbons (Fsp3) is 0.970. The third-order valence-electron chi connectivity index (χ3n) is 14.1. The van der Waals surface area contributed by atoms with Gasteiger partial charge in [0.15, 0.2) is 0 Å². The van der Waals surface area contributed by atoms with E-state index in [4.69, 9.17) is 0 Å². The largest absolute Gasteiger partial charge is 0.286 e. The first kappa shape index (κ1) is 27.5. The predicted molar refractivity (Wildman–Crippen MR) is 162 cm³/mol. The van der Waals surface area contributed by atoms with Crippen LogP contribution in [0.25, 0.3) is 0 Å². The van der Waals surface area contributed by atoms with Gasteiger partial charge in [-0.1, -0.05) is 38.5 Å². The van der Waals surface area contributed by atoms with Crippen molar-refractivity contribution in [2.24, 2.45) is 53.3 Å². The Labute approximate surface area is 252 Å². The molecular weight excluding hydrogens is 522 g/mol. The molecule has 9 aliphatic rings. The third-order valence-corrected chi connectivity index (χ3v) is 14.1. The van der Waals surface area contributed by atoms with E-state index in [0.29, 0.717) is 90.5 Å². The van der Waals surface area contributed by atoms with Crippen molar-refractivity contribution in [3.8, 4) is 6.07 Å². The summed E-state index contributed by atoms with van der Waals surface area (Å²) in [7, 11) is 0. The van der Waals surface area contributed by atoms with E-state index >= 15 is 0 Å². The van der Waals surface area contributed by atoms with Gasteiger partial charge >= 0.3 is 0 Å². The molecule has 0 amide bonds. The monoisotopic (exact) mass is 577 g/mol. The SMILES string of the molecule is N#CC1CCC2C3NC4NC(NC5NC(NC6NC(NC(N3)C2C1)C1CCCCC61)C1CCCCC51)C1CCCCC41. The Morgan fingerprint density at radius 2 is 0.595 bits per heavy atom. The van der Waals surface area contributed by atoms with Gasteiger partial charge in [0, 0.05) is 5.92 Å². The minimum Gasteiger partial charge on any atom is -0.286 e. The van der Waals surface area contributed by atoms with Gasteiger partial charge in [-0.25, -0.2) is 0 Å². The van der Waals surface area contributed by atoms with Crippen LogP contribution < -0.4 is 42.5 Å². The Morgan fingerprint density at radius 1 is 0.333 bits per heavy atom. The first-order valence-electron chi connectivity index (χ1n) is 18.2. The average Bonchev–Trinajstić information content (AvgIpc) is 3.76. The molecule has 9 fully saturated rings. The second kappa shape index (κ2) is 11.2. The van der Waals surface area contributed by atoms with Crippen molar-refractivity contribution in [3.63, 3.8) is 0 Å². The number of rotatable bonds is 0. The molecule has 0 aromatic rings. The highest BCUT2D eigenvalue weighted by Crippen LogP contribution is 2.46. The van der Waals surface area contributed by atoms with Crippen molar-refractivity contribution < 1.29 is 0 Å². The third kappa shape index (κ3) is 4.62. The summed E-state index contributed by atoms with van der Waals surface area (Å²) in [6.07, 6.45) is 22.2. The molecule has 9 nitrogen and oxygen atoms in total. The van der Waals surface area contributed by atoms with Gasteiger partial charge in [0.2, 0.25) is 0 Å². The van der Waals surface area contributed by atoms with Crippen LogP contribution in [0.3, 0.4) is 0 Å². The van der Waals surface area contributed by atoms with Gasteiger partial charge in [0.1, 0.15) is 0 Å². The molecule has 0 aromatic heterocycles. The summed E-state index contributed by atoms with van der Waals surface area (Å²) in [4.78, 5) is 0. The second-order valence-corrected chi connectivity index (χ2v) is 16.0. The van der Waals surface area contributed by atoms with E-state index in [9.17, 15) is 5.26 Å². The maximum atomic E-state index is 9.90. The molecule has 5 saturated heterocycles. The molecule has 0 aromatic carbocycles. The topological polar surface area (TPSA) is 120 Å². The zero-order valence-electron chi connectivity index (χ0n) is 25.4. The lowest BCUT2D eigenvalue weighted by Crippen LogP contribution is -2.61. The maximum absolute atomic E-state index is 9.90. The van der Waals surface area contributed by atoms with Crippen molar-refractivity contribution in [1.82, 2.24) is 42.5 Å². The summed E-state index contributed by atoms with van der Waals surface area (Å²) < 4.78 is 0. The number of nitrogens with one attached hydrogen (secondary N) is 8. The molecule has 0 radical (unpaired) electrons. The van der Waals surface area contributed by atoms with Crippen molar-refractivity contribution >= 4 is 0 Å². The van der Waals surface area contributed by atoms with Crippen LogP contribution in [0.4, 0.5) is 0 Å². The summed E-state index contributed by atoms with van der Waals surface area (Å²) in [6.45, 7) is 0. The van der Waals surface area contributed by atoms with Crippen LogP contribution in [0.2, 0.25) is 0 Å². The number of hydrogen-bond acceptors (Lipinski definition) is 9. The Kier molecular flexibility index (Phi) is 7.33. The summed E-state index contributed by atoms with van der Waals surface area (Å²) in [5, 5.41) is 43.4. The Bertz CT molecular complexity index is 1030. The number of nitrogens with zero attached hydrogens (tertiary/aromatic N) is 1. The smallest absolute Gasteiger partial charge is 0.0655 e. The molecule has 17 unspecified atom stereocenters. The van der Waals surface area contributed by atoms with Gasteiger partial charge in [-0.2, -0.15) is 5.26 Å². The van der Waals surface area contributed by atoms with Gasteiger partial charge in [0.25, 0.3) is 0 Å². The molecule has 5 heterocycles. The minimum absolute atomic E-state index is 0.199. The zero-order valence-corrected chi connectivity index (χ0v) is 25.4. The molecule has 4 aliphatic carbocycles. The van der Waals surface area contributed by atoms with Crippen LogP contribution in [0.15, 0.2) is 0 Å². The highest BCUT2D eigenvalue weighted by Gasteiger charge is 2.54. The lowest BCUT2D eigenvalue weighted by atomic mass is 9.73. The van der Waals surface area contributed by atoms with Gasteiger partial charge in [-0.05, 0) is 105 Å². The quantitative estimate of drug-likeness (QED) is 0.219. The molecule has 5 aliphatic heterocycles. The predicted octanol–water partition coefficient (Wildman–Crippen LogP) is 2.36. The maximum Gasteiger partial charge on any atom is 0.0655 e. The van der Waals surface area contributed by atoms with Crippen LogP contribution in [0.1, 0.15) is 96.3 Å². The van der Waals surface area contributed by atoms with E-state index in [0.717, 1.165) is 19.3 Å². The van der Waals surface area contributed by atoms with Gasteiger partial charge in [0.05, 0.1) is 55.4 Å². The van der Waals surface area contributed by atoms with Crippen LogP contribution >= 0.6 is 0 Å². The van der Waals surface area contributed by atoms with E-state index in [1.54, 1.807) is 0 Å². The highest BCUT2D eigenvalue weighted by molar-refractivity contribution is 5.09. The molecule has 4 saturated carbocycles. The van der Waals surface area contributed by atoms with Gasteiger partial charge < -0.3 is 0 Å². The van der Waals surface area contributed by atoms with Crippen LogP contribution in [0.5, 0.6) is 0 Å². The molecule has 232 valence electrons. The highest BCUT2D eigenvalue weighted by atomic mass is 15.4. The average molecular weight is 578 g/mol. The molecule has 8 N–H and O–H groups in total. The number of fused-ring (bicyclic) bond motifs is 20. The molecule has 9 rings (SSSR count). The number of nitriles is 1. The summed E-state index contributed by atoms with van der Waals surface area (Å²) >= 11 is 0. The Hall–Kier alpha value is -0.830. The second-order valence-electron chi connectivity index (χ2n) is 16.0. The lowest BCUT2D eigenvalue weighted by molar-refractivity contribution is 0.158. The van der Waals surface area contributed by atoms with Gasteiger partial charge in [-0.3, -0.25) is 42.5 Å². The first-order chi connectivity index (χ1) is 20.7. The van der Waals surface area contributed by atoms with E-state index in [2.05, 4.69) is 48.6 Å². The molecular formula is C33H55N9. The standard InChI is InChI=1S/C33H55N9/c34-16-17-13-14-24-25(15-17)33-41-31-23-12-6-5-11-22(23)29(39-31)37-27-19-8-2-1-7-18(19)26(35-27)36-28-20-9-3-4-10-21(20)30(38-28)40-32(24)42-33/h17-33,35-42H,1-15H2. The zero-order chi connectivity index (χ0) is 27.8. The normalized spacial score (nSPS) is 57.0.